The summed E-state index contributed by atoms with van der Waals surface area (Å²) in [6, 6.07) is 23.5. The van der Waals surface area contributed by atoms with Gasteiger partial charge in [-0.3, -0.25) is 9.59 Å². The van der Waals surface area contributed by atoms with E-state index in [0.717, 1.165) is 33.9 Å². The lowest BCUT2D eigenvalue weighted by atomic mass is 10.1. The second-order valence-corrected chi connectivity index (χ2v) is 8.83. The zero-order valence-electron chi connectivity index (χ0n) is 20.2. The van der Waals surface area contributed by atoms with Crippen LogP contribution < -0.4 is 5.32 Å². The molecule has 6 rings (SSSR count). The van der Waals surface area contributed by atoms with Crippen LogP contribution in [0.25, 0.3) is 33.2 Å². The first-order valence-corrected chi connectivity index (χ1v) is 12.2. The molecule has 0 saturated heterocycles. The van der Waals surface area contributed by atoms with Crippen molar-refractivity contribution < 1.29 is 14.1 Å². The first kappa shape index (κ1) is 22.7. The Morgan fingerprint density at radius 2 is 1.76 bits per heavy atom. The summed E-state index contributed by atoms with van der Waals surface area (Å²) in [4.78, 5) is 29.8. The molecule has 184 valence electrons. The lowest BCUT2D eigenvalue weighted by Gasteiger charge is -2.21. The van der Waals surface area contributed by atoms with E-state index < -0.39 is 0 Å². The van der Waals surface area contributed by atoms with E-state index in [2.05, 4.69) is 44.2 Å². The van der Waals surface area contributed by atoms with Crippen LogP contribution in [0.2, 0.25) is 0 Å². The maximum atomic E-state index is 12.9. The number of hydrazone groups is 1. The molecule has 0 saturated carbocycles. The van der Waals surface area contributed by atoms with Crippen LogP contribution >= 0.6 is 0 Å². The van der Waals surface area contributed by atoms with Crippen molar-refractivity contribution >= 4 is 45.0 Å². The molecule has 1 aliphatic rings. The number of amides is 2. The minimum absolute atomic E-state index is 0.206. The summed E-state index contributed by atoms with van der Waals surface area (Å²) in [5.41, 5.74) is 4.22. The van der Waals surface area contributed by atoms with Gasteiger partial charge < -0.3 is 14.4 Å². The molecule has 2 aromatic heterocycles. The highest BCUT2D eigenvalue weighted by atomic mass is 16.5. The molecule has 2 amide bonds. The highest BCUT2D eigenvalue weighted by Crippen LogP contribution is 2.31. The molecule has 0 atom stereocenters. The van der Waals surface area contributed by atoms with Crippen molar-refractivity contribution in [2.45, 2.75) is 26.3 Å². The van der Waals surface area contributed by atoms with Gasteiger partial charge in [0.05, 0.1) is 0 Å². The maximum absolute atomic E-state index is 12.9. The summed E-state index contributed by atoms with van der Waals surface area (Å²) in [5.74, 6) is 0.115. The maximum Gasteiger partial charge on any atom is 0.274 e. The molecule has 1 N–H and O–H groups in total. The van der Waals surface area contributed by atoms with Crippen LogP contribution in [0.5, 0.6) is 0 Å². The summed E-state index contributed by atoms with van der Waals surface area (Å²) in [6.07, 6.45) is 0.573. The molecule has 0 aliphatic carbocycles. The molecule has 0 spiro atoms. The summed E-state index contributed by atoms with van der Waals surface area (Å²) in [5, 5.41) is 14.7. The number of aryl methyl sites for hydroxylation is 1. The van der Waals surface area contributed by atoms with Gasteiger partial charge in [-0.15, -0.1) is 0 Å². The van der Waals surface area contributed by atoms with Crippen molar-refractivity contribution in [3.05, 3.63) is 78.7 Å². The second-order valence-electron chi connectivity index (χ2n) is 8.83. The number of para-hydroxylation sites is 1. The van der Waals surface area contributed by atoms with E-state index in [1.165, 1.54) is 5.01 Å². The zero-order chi connectivity index (χ0) is 25.4. The first-order chi connectivity index (χ1) is 18.1. The Bertz CT molecular complexity index is 1670. The van der Waals surface area contributed by atoms with Crippen molar-refractivity contribution in [3.8, 4) is 11.4 Å². The molecule has 5 aromatic rings. The highest BCUT2D eigenvalue weighted by molar-refractivity contribution is 6.10. The molecule has 9 heteroatoms. The molecule has 0 radical (unpaired) electrons. The summed E-state index contributed by atoms with van der Waals surface area (Å²) in [6.45, 7) is 2.75. The van der Waals surface area contributed by atoms with E-state index in [1.807, 2.05) is 60.7 Å². The smallest absolute Gasteiger partial charge is 0.274 e. The Labute approximate surface area is 212 Å². The van der Waals surface area contributed by atoms with Crippen molar-refractivity contribution in [1.82, 2.24) is 19.7 Å². The van der Waals surface area contributed by atoms with Gasteiger partial charge in [0.25, 0.3) is 5.89 Å². The number of nitrogens with zero attached hydrogens (tertiary/aromatic N) is 5. The number of fused-ring (bicyclic) bond motifs is 3. The van der Waals surface area contributed by atoms with E-state index >= 15 is 0 Å². The molecule has 0 unspecified atom stereocenters. The molecule has 1 aliphatic heterocycles. The Morgan fingerprint density at radius 3 is 2.59 bits per heavy atom. The minimum atomic E-state index is -0.340. The number of aromatic nitrogens is 3. The fourth-order valence-corrected chi connectivity index (χ4v) is 4.73. The fraction of sp³-hybridized carbons (Fsp3) is 0.179. The summed E-state index contributed by atoms with van der Waals surface area (Å²) < 4.78 is 7.65. The average Bonchev–Trinajstić information content (AvgIpc) is 3.54. The van der Waals surface area contributed by atoms with Crippen LogP contribution in [-0.2, 0) is 16.1 Å². The van der Waals surface area contributed by atoms with Gasteiger partial charge in [0.1, 0.15) is 12.3 Å². The van der Waals surface area contributed by atoms with Crippen molar-refractivity contribution in [2.24, 2.45) is 5.10 Å². The third-order valence-electron chi connectivity index (χ3n) is 6.48. The van der Waals surface area contributed by atoms with Gasteiger partial charge >= 0.3 is 0 Å². The van der Waals surface area contributed by atoms with Gasteiger partial charge in [-0.1, -0.05) is 53.7 Å². The number of nitrogens with one attached hydrogen (secondary N) is 1. The van der Waals surface area contributed by atoms with Gasteiger partial charge in [-0.2, -0.15) is 10.1 Å². The lowest BCUT2D eigenvalue weighted by molar-refractivity contribution is -0.135. The predicted molar refractivity (Wildman–Crippen MR) is 141 cm³/mol. The van der Waals surface area contributed by atoms with Gasteiger partial charge in [0.15, 0.2) is 0 Å². The minimum Gasteiger partial charge on any atom is -0.341 e. The van der Waals surface area contributed by atoms with Gasteiger partial charge in [0.2, 0.25) is 17.6 Å². The summed E-state index contributed by atoms with van der Waals surface area (Å²) >= 11 is 0. The second kappa shape index (κ2) is 9.34. The van der Waals surface area contributed by atoms with Crippen LogP contribution in [0.1, 0.15) is 25.7 Å². The number of rotatable bonds is 6. The monoisotopic (exact) mass is 492 g/mol. The van der Waals surface area contributed by atoms with Gasteiger partial charge in [-0.25, -0.2) is 5.01 Å². The van der Waals surface area contributed by atoms with Gasteiger partial charge in [0, 0.05) is 52.4 Å². The molecule has 37 heavy (non-hydrogen) atoms. The van der Waals surface area contributed by atoms with Gasteiger partial charge in [-0.05, 0) is 31.2 Å². The number of carbonyl (C=O) groups excluding carboxylic acids is 2. The average molecular weight is 493 g/mol. The fourth-order valence-electron chi connectivity index (χ4n) is 4.73. The third kappa shape index (κ3) is 4.24. The van der Waals surface area contributed by atoms with Crippen LogP contribution in [-0.4, -0.2) is 43.8 Å². The van der Waals surface area contributed by atoms with E-state index in [4.69, 9.17) is 4.52 Å². The zero-order valence-corrected chi connectivity index (χ0v) is 20.2. The Kier molecular flexibility index (Phi) is 5.72. The van der Waals surface area contributed by atoms with E-state index in [9.17, 15) is 9.59 Å². The summed E-state index contributed by atoms with van der Waals surface area (Å²) in [7, 11) is 0. The van der Waals surface area contributed by atoms with Crippen molar-refractivity contribution in [2.75, 3.05) is 11.9 Å². The van der Waals surface area contributed by atoms with Crippen LogP contribution in [0.4, 0.5) is 5.69 Å². The molecule has 3 heterocycles. The SMILES string of the molecule is CCn1c2ccccc2c2cc(NC(=O)CN3N=C(c4nc(-c5ccccc5)no4)CCC3=O)ccc21. The molecule has 0 fully saturated rings. The largest absolute Gasteiger partial charge is 0.341 e. The standard InChI is InChI=1S/C28H24N6O3/c1-2-33-23-11-7-6-10-20(23)21-16-19(12-14-24(21)33)29-25(35)17-34-26(36)15-13-22(31-34)28-30-27(32-37-28)18-8-4-3-5-9-18/h3-12,14,16H,2,13,15,17H2,1H3,(H,29,35). The number of hydrogen-bond acceptors (Lipinski definition) is 6. The topological polar surface area (TPSA) is 106 Å². The third-order valence-corrected chi connectivity index (χ3v) is 6.48. The molecule has 0 bridgehead atoms. The number of anilines is 1. The normalized spacial score (nSPS) is 13.8. The first-order valence-electron chi connectivity index (χ1n) is 12.2. The molecule has 3 aromatic carbocycles. The lowest BCUT2D eigenvalue weighted by Crippen LogP contribution is -2.38. The van der Waals surface area contributed by atoms with Crippen LogP contribution in [0.3, 0.4) is 0 Å². The van der Waals surface area contributed by atoms with Crippen LogP contribution in [0.15, 0.2) is 82.4 Å². The number of carbonyl (C=O) groups is 2. The number of benzene rings is 3. The Balaban J connectivity index is 1.21. The Morgan fingerprint density at radius 1 is 0.973 bits per heavy atom. The Hall–Kier alpha value is -4.79. The number of hydrogen-bond donors (Lipinski definition) is 1. The molecular formula is C28H24N6O3. The molecule has 9 nitrogen and oxygen atoms in total. The highest BCUT2D eigenvalue weighted by Gasteiger charge is 2.26. The van der Waals surface area contributed by atoms with E-state index in [1.54, 1.807) is 0 Å². The predicted octanol–water partition coefficient (Wildman–Crippen LogP) is 4.83. The van der Waals surface area contributed by atoms with Crippen molar-refractivity contribution in [1.29, 1.82) is 0 Å². The molecular weight excluding hydrogens is 468 g/mol. The van der Waals surface area contributed by atoms with Crippen molar-refractivity contribution in [3.63, 3.8) is 0 Å². The van der Waals surface area contributed by atoms with Crippen LogP contribution in [0, 0.1) is 0 Å². The van der Waals surface area contributed by atoms with E-state index in [0.29, 0.717) is 23.6 Å². The quantitative estimate of drug-likeness (QED) is 0.366. The van der Waals surface area contributed by atoms with E-state index in [-0.39, 0.29) is 30.7 Å².